The Morgan fingerprint density at radius 1 is 1.02 bits per heavy atom. The van der Waals surface area contributed by atoms with Gasteiger partial charge in [0.2, 0.25) is 11.8 Å². The van der Waals surface area contributed by atoms with Gasteiger partial charge in [0.1, 0.15) is 24.1 Å². The molecule has 3 aliphatic heterocycles. The van der Waals surface area contributed by atoms with Gasteiger partial charge in [0.15, 0.2) is 0 Å². The number of anilines is 1. The highest BCUT2D eigenvalue weighted by molar-refractivity contribution is 5.96. The van der Waals surface area contributed by atoms with Gasteiger partial charge in [0, 0.05) is 49.0 Å². The van der Waals surface area contributed by atoms with E-state index < -0.39 is 5.91 Å². The van der Waals surface area contributed by atoms with E-state index in [2.05, 4.69) is 14.4 Å². The Morgan fingerprint density at radius 2 is 1.83 bits per heavy atom. The summed E-state index contributed by atoms with van der Waals surface area (Å²) in [5.74, 6) is 1.65. The molecule has 2 unspecified atom stereocenters. The monoisotopic (exact) mass is 556 g/mol. The average molecular weight is 557 g/mol. The van der Waals surface area contributed by atoms with E-state index in [-0.39, 0.29) is 18.5 Å². The summed E-state index contributed by atoms with van der Waals surface area (Å²) in [4.78, 5) is 26.5. The lowest BCUT2D eigenvalue weighted by molar-refractivity contribution is -0.0592. The van der Waals surface area contributed by atoms with Crippen LogP contribution in [0.25, 0.3) is 11.0 Å². The lowest BCUT2D eigenvalue weighted by atomic mass is 10.1. The highest BCUT2D eigenvalue weighted by Gasteiger charge is 2.41. The molecule has 3 aliphatic rings. The second-order valence-corrected chi connectivity index (χ2v) is 11.2. The normalized spacial score (nSPS) is 22.2. The van der Waals surface area contributed by atoms with Crippen LogP contribution in [0, 0.1) is 5.82 Å². The zero-order chi connectivity index (χ0) is 27.9. The summed E-state index contributed by atoms with van der Waals surface area (Å²) >= 11 is 0. The van der Waals surface area contributed by atoms with Crippen molar-refractivity contribution in [3.63, 3.8) is 0 Å². The molecule has 3 saturated heterocycles. The number of pyridine rings is 1. The fraction of sp³-hybridized carbons (Fsp3) is 0.387. The number of fused-ring (bicyclic) bond motifs is 3. The zero-order valence-corrected chi connectivity index (χ0v) is 22.8. The number of piperazine rings is 1. The second kappa shape index (κ2) is 10.8. The molecule has 0 radical (unpaired) electrons. The number of ether oxygens (including phenoxy) is 2. The smallest absolute Gasteiger partial charge is 0.248 e. The van der Waals surface area contributed by atoms with E-state index >= 15 is 0 Å². The summed E-state index contributed by atoms with van der Waals surface area (Å²) in [5, 5.41) is 0. The first-order chi connectivity index (χ1) is 20.0. The lowest BCUT2D eigenvalue weighted by Gasteiger charge is -2.41. The number of rotatable bonds is 9. The maximum Gasteiger partial charge on any atom is 0.248 e. The number of amides is 1. The van der Waals surface area contributed by atoms with Gasteiger partial charge >= 0.3 is 0 Å². The fourth-order valence-corrected chi connectivity index (χ4v) is 6.37. The molecule has 0 spiro atoms. The Morgan fingerprint density at radius 3 is 2.56 bits per heavy atom. The molecule has 3 atom stereocenters. The zero-order valence-electron chi connectivity index (χ0n) is 22.8. The van der Waals surface area contributed by atoms with Crippen LogP contribution in [0.3, 0.4) is 0 Å². The first kappa shape index (κ1) is 25.9. The predicted octanol–water partition coefficient (Wildman–Crippen LogP) is 3.89. The lowest BCUT2D eigenvalue weighted by Crippen LogP contribution is -2.54. The summed E-state index contributed by atoms with van der Waals surface area (Å²) in [7, 11) is 0. The number of hydrogen-bond acceptors (Lipinski definition) is 7. The van der Waals surface area contributed by atoms with Crippen molar-refractivity contribution in [1.82, 2.24) is 19.4 Å². The van der Waals surface area contributed by atoms with Crippen LogP contribution >= 0.6 is 0 Å². The molecule has 41 heavy (non-hydrogen) atoms. The van der Waals surface area contributed by atoms with Crippen molar-refractivity contribution >= 4 is 22.8 Å². The summed E-state index contributed by atoms with van der Waals surface area (Å²) in [5.41, 5.74) is 8.35. The Balaban J connectivity index is 1.08. The summed E-state index contributed by atoms with van der Waals surface area (Å²) in [6, 6.07) is 18.6. The molecular weight excluding hydrogens is 523 g/mol. The standard InChI is InChI=1S/C31H33FN6O3/c32-25-5-2-1-4-21(25)19-41-30-7-3-6-28(35-30)38-22-9-10-23(38)16-36(15-22)18-29-34-26-11-8-20(31(33)39)14-27(26)37(29)17-24-12-13-40-24/h1-8,11,14,22-24H,9-10,12-13,15-19H2,(H2,33,39)/t22?,23?,24-/m0/s1. The van der Waals surface area contributed by atoms with Crippen molar-refractivity contribution in [1.29, 1.82) is 0 Å². The minimum Gasteiger partial charge on any atom is -0.473 e. The van der Waals surface area contributed by atoms with E-state index in [1.165, 1.54) is 6.07 Å². The number of aromatic nitrogens is 3. The van der Waals surface area contributed by atoms with E-state index in [0.717, 1.165) is 61.6 Å². The van der Waals surface area contributed by atoms with Gasteiger partial charge in [-0.05, 0) is 49.6 Å². The maximum atomic E-state index is 14.0. The number of nitrogens with two attached hydrogens (primary N) is 1. The number of halogens is 1. The maximum absolute atomic E-state index is 14.0. The van der Waals surface area contributed by atoms with Crippen LogP contribution in [0.5, 0.6) is 5.88 Å². The van der Waals surface area contributed by atoms with Crippen LogP contribution < -0.4 is 15.4 Å². The molecule has 3 fully saturated rings. The average Bonchev–Trinajstić information content (AvgIpc) is 3.42. The number of imidazole rings is 1. The molecule has 5 heterocycles. The van der Waals surface area contributed by atoms with Crippen LogP contribution in [0.4, 0.5) is 10.2 Å². The number of carbonyl (C=O) groups excluding carboxylic acids is 1. The molecule has 9 nitrogen and oxygen atoms in total. The Hall–Kier alpha value is -4.02. The molecule has 4 aromatic rings. The van der Waals surface area contributed by atoms with Gasteiger partial charge in [0.25, 0.3) is 0 Å². The quantitative estimate of drug-likeness (QED) is 0.334. The topological polar surface area (TPSA) is 98.7 Å². The molecule has 2 aromatic carbocycles. The van der Waals surface area contributed by atoms with E-state index in [9.17, 15) is 9.18 Å². The fourth-order valence-electron chi connectivity index (χ4n) is 6.37. The van der Waals surface area contributed by atoms with Gasteiger partial charge in [-0.3, -0.25) is 9.69 Å². The Kier molecular flexibility index (Phi) is 6.80. The first-order valence-electron chi connectivity index (χ1n) is 14.3. The van der Waals surface area contributed by atoms with Crippen molar-refractivity contribution < 1.29 is 18.7 Å². The molecule has 212 valence electrons. The third-order valence-electron chi connectivity index (χ3n) is 8.52. The van der Waals surface area contributed by atoms with Gasteiger partial charge in [-0.15, -0.1) is 0 Å². The highest BCUT2D eigenvalue weighted by atomic mass is 19.1. The van der Waals surface area contributed by atoms with E-state index in [1.807, 2.05) is 30.3 Å². The molecule has 10 heteroatoms. The summed E-state index contributed by atoms with van der Waals surface area (Å²) in [6.45, 7) is 4.14. The minimum atomic E-state index is -0.441. The molecule has 2 bridgehead atoms. The molecule has 0 aliphatic carbocycles. The van der Waals surface area contributed by atoms with Crippen LogP contribution in [0.15, 0.2) is 60.7 Å². The Bertz CT molecular complexity index is 1570. The van der Waals surface area contributed by atoms with Crippen LogP contribution in [-0.4, -0.2) is 63.2 Å². The van der Waals surface area contributed by atoms with Gasteiger partial charge in [-0.25, -0.2) is 9.37 Å². The van der Waals surface area contributed by atoms with Crippen molar-refractivity contribution in [2.75, 3.05) is 24.6 Å². The third kappa shape index (κ3) is 5.13. The number of primary amides is 1. The molecule has 0 saturated carbocycles. The number of hydrogen-bond donors (Lipinski definition) is 1. The van der Waals surface area contributed by atoms with Gasteiger partial charge in [-0.2, -0.15) is 4.98 Å². The van der Waals surface area contributed by atoms with Gasteiger partial charge < -0.3 is 24.7 Å². The van der Waals surface area contributed by atoms with E-state index in [1.54, 1.807) is 24.3 Å². The first-order valence-corrected chi connectivity index (χ1v) is 14.3. The van der Waals surface area contributed by atoms with Crippen molar-refractivity contribution in [2.24, 2.45) is 5.73 Å². The molecule has 1 amide bonds. The number of benzene rings is 2. The van der Waals surface area contributed by atoms with E-state index in [4.69, 9.17) is 25.2 Å². The largest absolute Gasteiger partial charge is 0.473 e. The number of likely N-dealkylation sites (tertiary alicyclic amines) is 1. The molecule has 2 N–H and O–H groups in total. The SMILES string of the molecule is NC(=O)c1ccc2nc(CN3CC4CCC(C3)N4c3cccc(OCc4ccccc4F)n3)n(C[C@@H]3CCO3)c2c1. The predicted molar refractivity (Wildman–Crippen MR) is 152 cm³/mol. The minimum absolute atomic E-state index is 0.137. The molecular formula is C31H33FN6O3. The molecule has 7 rings (SSSR count). The summed E-state index contributed by atoms with van der Waals surface area (Å²) in [6.07, 6.45) is 3.37. The molecule has 2 aromatic heterocycles. The van der Waals surface area contributed by atoms with Crippen molar-refractivity contribution in [3.05, 3.63) is 83.4 Å². The van der Waals surface area contributed by atoms with Gasteiger partial charge in [0.05, 0.1) is 30.2 Å². The van der Waals surface area contributed by atoms with E-state index in [0.29, 0.717) is 42.2 Å². The van der Waals surface area contributed by atoms with Crippen LogP contribution in [-0.2, 0) is 24.4 Å². The summed E-state index contributed by atoms with van der Waals surface area (Å²) < 4.78 is 27.9. The van der Waals surface area contributed by atoms with Crippen molar-refractivity contribution in [3.8, 4) is 5.88 Å². The second-order valence-electron chi connectivity index (χ2n) is 11.2. The van der Waals surface area contributed by atoms with Crippen LogP contribution in [0.1, 0.15) is 41.0 Å². The van der Waals surface area contributed by atoms with Crippen LogP contribution in [0.2, 0.25) is 0 Å². The highest BCUT2D eigenvalue weighted by Crippen LogP contribution is 2.35. The van der Waals surface area contributed by atoms with Gasteiger partial charge in [-0.1, -0.05) is 24.3 Å². The Labute approximate surface area is 237 Å². The van der Waals surface area contributed by atoms with Crippen molar-refractivity contribution in [2.45, 2.75) is 57.1 Å². The number of nitrogens with zero attached hydrogens (tertiary/aromatic N) is 5. The number of carbonyl (C=O) groups is 1. The third-order valence-corrected chi connectivity index (χ3v) is 8.52.